The van der Waals surface area contributed by atoms with Crippen molar-refractivity contribution in [1.29, 1.82) is 0 Å². The van der Waals surface area contributed by atoms with Crippen LogP contribution in [0.4, 0.5) is 0 Å². The first kappa shape index (κ1) is 21.5. The number of aromatic carboxylic acids is 1. The van der Waals surface area contributed by atoms with E-state index in [1.807, 2.05) is 37.4 Å². The average Bonchev–Trinajstić information content (AvgIpc) is 2.72. The lowest BCUT2D eigenvalue weighted by Crippen LogP contribution is -2.18. The molecular weight excluding hydrogens is 374 g/mol. The second-order valence-corrected chi connectivity index (χ2v) is 8.46. The molecular formula is C26H29NO3. The first-order valence-corrected chi connectivity index (χ1v) is 10.2. The smallest absolute Gasteiger partial charge is 0.335 e. The van der Waals surface area contributed by atoms with E-state index in [2.05, 4.69) is 50.5 Å². The molecule has 1 aliphatic rings. The van der Waals surface area contributed by atoms with Crippen molar-refractivity contribution >= 4 is 17.4 Å². The maximum Gasteiger partial charge on any atom is 0.335 e. The molecule has 30 heavy (non-hydrogen) atoms. The molecule has 0 unspecified atom stereocenters. The number of benzene rings is 2. The third-order valence-electron chi connectivity index (χ3n) is 5.11. The van der Waals surface area contributed by atoms with Gasteiger partial charge in [-0.05, 0) is 59.9 Å². The van der Waals surface area contributed by atoms with Crippen LogP contribution in [-0.4, -0.2) is 29.6 Å². The zero-order valence-electron chi connectivity index (χ0n) is 18.3. The van der Waals surface area contributed by atoms with Crippen LogP contribution < -0.4 is 4.74 Å². The maximum atomic E-state index is 11.1. The topological polar surface area (TPSA) is 49.8 Å². The van der Waals surface area contributed by atoms with Gasteiger partial charge in [-0.1, -0.05) is 45.6 Å². The molecule has 4 nitrogen and oxygen atoms in total. The van der Waals surface area contributed by atoms with Crippen molar-refractivity contribution in [3.63, 3.8) is 0 Å². The van der Waals surface area contributed by atoms with E-state index in [9.17, 15) is 4.79 Å². The van der Waals surface area contributed by atoms with Crippen molar-refractivity contribution in [2.24, 2.45) is 0 Å². The first-order chi connectivity index (χ1) is 14.2. The second kappa shape index (κ2) is 8.64. The van der Waals surface area contributed by atoms with E-state index >= 15 is 0 Å². The summed E-state index contributed by atoms with van der Waals surface area (Å²) in [6, 6.07) is 13.2. The minimum Gasteiger partial charge on any atom is -0.493 e. The maximum absolute atomic E-state index is 11.1. The molecule has 2 aromatic rings. The van der Waals surface area contributed by atoms with E-state index in [1.54, 1.807) is 12.1 Å². The Morgan fingerprint density at radius 3 is 2.37 bits per heavy atom. The van der Waals surface area contributed by atoms with E-state index in [0.717, 1.165) is 40.3 Å². The summed E-state index contributed by atoms with van der Waals surface area (Å²) in [6.45, 7) is 9.37. The van der Waals surface area contributed by atoms with Gasteiger partial charge in [-0.2, -0.15) is 0 Å². The van der Waals surface area contributed by atoms with Crippen LogP contribution in [0.25, 0.3) is 11.4 Å². The van der Waals surface area contributed by atoms with Crippen LogP contribution in [0.15, 0.2) is 60.3 Å². The Bertz CT molecular complexity index is 1030. The van der Waals surface area contributed by atoms with E-state index in [-0.39, 0.29) is 11.0 Å². The molecule has 0 aliphatic carbocycles. The number of carbonyl (C=O) groups is 1. The minimum atomic E-state index is -0.923. The molecule has 0 fully saturated rings. The molecule has 0 aromatic heterocycles. The van der Waals surface area contributed by atoms with Crippen LogP contribution in [-0.2, 0) is 5.41 Å². The highest BCUT2D eigenvalue weighted by Gasteiger charge is 2.22. The van der Waals surface area contributed by atoms with Gasteiger partial charge in [0.05, 0.1) is 17.9 Å². The number of carboxylic acid groups (broad SMARTS) is 1. The Labute approximate surface area is 178 Å². The number of allylic oxidation sites excluding steroid dienone is 2. The molecule has 0 amide bonds. The number of carboxylic acids is 1. The molecule has 4 heteroatoms. The first-order valence-electron chi connectivity index (χ1n) is 10.2. The average molecular weight is 404 g/mol. The molecule has 1 N–H and O–H groups in total. The van der Waals surface area contributed by atoms with Gasteiger partial charge in [0.15, 0.2) is 0 Å². The van der Waals surface area contributed by atoms with E-state index in [0.29, 0.717) is 6.61 Å². The quantitative estimate of drug-likeness (QED) is 0.605. The van der Waals surface area contributed by atoms with Gasteiger partial charge in [0, 0.05) is 23.9 Å². The van der Waals surface area contributed by atoms with Crippen molar-refractivity contribution in [3.05, 3.63) is 82.6 Å². The van der Waals surface area contributed by atoms with Crippen LogP contribution >= 0.6 is 0 Å². The van der Waals surface area contributed by atoms with Crippen LogP contribution in [0.5, 0.6) is 5.75 Å². The molecule has 156 valence electrons. The fourth-order valence-corrected chi connectivity index (χ4v) is 3.48. The molecule has 0 atom stereocenters. The highest BCUT2D eigenvalue weighted by atomic mass is 16.5. The molecule has 0 spiro atoms. The zero-order chi connectivity index (χ0) is 21.9. The Balaban J connectivity index is 1.95. The molecule has 0 radical (unpaired) electrons. The normalized spacial score (nSPS) is 13.7. The van der Waals surface area contributed by atoms with Crippen LogP contribution in [0.3, 0.4) is 0 Å². The number of hydrogen-bond donors (Lipinski definition) is 1. The lowest BCUT2D eigenvalue weighted by molar-refractivity contribution is 0.0697. The van der Waals surface area contributed by atoms with Gasteiger partial charge in [-0.3, -0.25) is 0 Å². The SMILES string of the molecule is CCCOc1ccc(C2=C=CC=C(c3ccc(C(=O)O)cc3)N2C)cc1C(C)(C)C. The fourth-order valence-electron chi connectivity index (χ4n) is 3.48. The highest BCUT2D eigenvalue weighted by molar-refractivity contribution is 5.88. The number of rotatable bonds is 6. The van der Waals surface area contributed by atoms with Crippen molar-refractivity contribution in [2.75, 3.05) is 13.7 Å². The monoisotopic (exact) mass is 403 g/mol. The molecule has 1 aliphatic heterocycles. The predicted octanol–water partition coefficient (Wildman–Crippen LogP) is 5.95. The highest BCUT2D eigenvalue weighted by Crippen LogP contribution is 2.36. The summed E-state index contributed by atoms with van der Waals surface area (Å²) < 4.78 is 5.99. The molecule has 0 bridgehead atoms. The number of nitrogens with zero attached hydrogens (tertiary/aromatic N) is 1. The number of hydrogen-bond acceptors (Lipinski definition) is 3. The van der Waals surface area contributed by atoms with Crippen molar-refractivity contribution in [3.8, 4) is 5.75 Å². The second-order valence-electron chi connectivity index (χ2n) is 8.46. The standard InChI is InChI=1S/C26H29NO3/c1-6-16-30-24-15-14-20(17-21(24)26(2,3)4)23-9-7-8-22(27(23)5)18-10-12-19(13-11-18)25(28)29/h7-8,10-15,17H,6,16H2,1-5H3,(H,28,29). The summed E-state index contributed by atoms with van der Waals surface area (Å²) in [5, 5.41) is 9.14. The summed E-state index contributed by atoms with van der Waals surface area (Å²) in [5.41, 5.74) is 8.72. The summed E-state index contributed by atoms with van der Waals surface area (Å²) >= 11 is 0. The van der Waals surface area contributed by atoms with Gasteiger partial charge in [-0.25, -0.2) is 4.79 Å². The van der Waals surface area contributed by atoms with E-state index < -0.39 is 5.97 Å². The van der Waals surface area contributed by atoms with Gasteiger partial charge < -0.3 is 14.7 Å². The molecule has 3 rings (SSSR count). The third-order valence-corrected chi connectivity index (χ3v) is 5.11. The van der Waals surface area contributed by atoms with Gasteiger partial charge in [0.25, 0.3) is 0 Å². The zero-order valence-corrected chi connectivity index (χ0v) is 18.3. The lowest BCUT2D eigenvalue weighted by atomic mass is 9.85. The van der Waals surface area contributed by atoms with Crippen molar-refractivity contribution in [1.82, 2.24) is 4.90 Å². The Hall–Kier alpha value is -3.23. The van der Waals surface area contributed by atoms with Gasteiger partial charge in [-0.15, -0.1) is 0 Å². The summed E-state index contributed by atoms with van der Waals surface area (Å²) in [5.74, 6) is 0.00395. The molecule has 1 heterocycles. The Morgan fingerprint density at radius 1 is 1.10 bits per heavy atom. The number of ether oxygens (including phenoxy) is 1. The summed E-state index contributed by atoms with van der Waals surface area (Å²) in [6.07, 6.45) is 4.87. The van der Waals surface area contributed by atoms with Crippen LogP contribution in [0.1, 0.15) is 61.2 Å². The molecule has 2 aromatic carbocycles. The van der Waals surface area contributed by atoms with Gasteiger partial charge >= 0.3 is 5.97 Å². The van der Waals surface area contributed by atoms with Crippen LogP contribution in [0.2, 0.25) is 0 Å². The van der Waals surface area contributed by atoms with Crippen molar-refractivity contribution in [2.45, 2.75) is 39.5 Å². The predicted molar refractivity (Wildman–Crippen MR) is 122 cm³/mol. The van der Waals surface area contributed by atoms with E-state index in [1.165, 1.54) is 0 Å². The minimum absolute atomic E-state index is 0.0536. The lowest BCUT2D eigenvalue weighted by Gasteiger charge is -2.28. The van der Waals surface area contributed by atoms with E-state index in [4.69, 9.17) is 9.84 Å². The summed E-state index contributed by atoms with van der Waals surface area (Å²) in [4.78, 5) is 13.2. The summed E-state index contributed by atoms with van der Waals surface area (Å²) in [7, 11) is 2.00. The molecule has 0 saturated heterocycles. The molecule has 0 saturated carbocycles. The third kappa shape index (κ3) is 4.50. The van der Waals surface area contributed by atoms with Crippen LogP contribution in [0, 0.1) is 0 Å². The van der Waals surface area contributed by atoms with Crippen molar-refractivity contribution < 1.29 is 14.6 Å². The fraction of sp³-hybridized carbons (Fsp3) is 0.308. The Morgan fingerprint density at radius 2 is 1.77 bits per heavy atom. The largest absolute Gasteiger partial charge is 0.493 e. The van der Waals surface area contributed by atoms with Gasteiger partial charge in [0.1, 0.15) is 5.75 Å². The Kier molecular flexibility index (Phi) is 6.19. The van der Waals surface area contributed by atoms with Gasteiger partial charge in [0.2, 0.25) is 0 Å².